The number of hydrogen-bond donors (Lipinski definition) is 0. The number of nitrogens with zero attached hydrogens (tertiary/aromatic N) is 1. The summed E-state index contributed by atoms with van der Waals surface area (Å²) in [5, 5.41) is 0. The number of hydrogen-bond acceptors (Lipinski definition) is 1. The second-order valence-electron chi connectivity index (χ2n) is 7.43. The largest absolute Gasteiger partial charge is 0.343 e. The van der Waals surface area contributed by atoms with Gasteiger partial charge < -0.3 is 4.90 Å². The van der Waals surface area contributed by atoms with Crippen molar-refractivity contribution in [3.63, 3.8) is 0 Å². The number of likely N-dealkylation sites (tertiary alicyclic amines) is 1. The molecule has 0 aromatic heterocycles. The fraction of sp³-hybridized carbons (Fsp3) is 0.952. The van der Waals surface area contributed by atoms with E-state index in [0.717, 1.165) is 25.9 Å². The Labute approximate surface area is 145 Å². The second-order valence-corrected chi connectivity index (χ2v) is 7.43. The molecule has 0 N–H and O–H groups in total. The van der Waals surface area contributed by atoms with Gasteiger partial charge in [0.1, 0.15) is 0 Å². The lowest BCUT2D eigenvalue weighted by Gasteiger charge is -2.20. The van der Waals surface area contributed by atoms with Crippen LogP contribution in [-0.2, 0) is 4.79 Å². The van der Waals surface area contributed by atoms with Crippen LogP contribution in [0.2, 0.25) is 0 Å². The third-order valence-corrected chi connectivity index (χ3v) is 5.20. The zero-order chi connectivity index (χ0) is 16.6. The van der Waals surface area contributed by atoms with E-state index >= 15 is 0 Å². The van der Waals surface area contributed by atoms with Crippen LogP contribution in [0.4, 0.5) is 0 Å². The maximum absolute atomic E-state index is 11.9. The molecule has 0 spiro atoms. The average Bonchev–Trinajstić information content (AvgIpc) is 2.76. The standard InChI is InChI=1S/C21H41NO/c1-2-3-4-5-6-7-8-9-10-11-12-13-16-19-22-20-17-14-15-18-21(22)23/h2-20H2,1H3. The molecule has 0 saturated carbocycles. The van der Waals surface area contributed by atoms with Gasteiger partial charge in [0, 0.05) is 19.5 Å². The van der Waals surface area contributed by atoms with Gasteiger partial charge in [0.05, 0.1) is 0 Å². The summed E-state index contributed by atoms with van der Waals surface area (Å²) in [6.45, 7) is 4.31. The summed E-state index contributed by atoms with van der Waals surface area (Å²) in [6, 6.07) is 0. The summed E-state index contributed by atoms with van der Waals surface area (Å²) < 4.78 is 0. The van der Waals surface area contributed by atoms with Gasteiger partial charge in [-0.05, 0) is 19.3 Å². The highest BCUT2D eigenvalue weighted by Crippen LogP contribution is 2.14. The van der Waals surface area contributed by atoms with Crippen LogP contribution >= 0.6 is 0 Å². The Morgan fingerprint density at radius 2 is 1.22 bits per heavy atom. The predicted octanol–water partition coefficient (Wildman–Crippen LogP) is 6.48. The molecule has 0 aliphatic carbocycles. The molecule has 0 aromatic carbocycles. The topological polar surface area (TPSA) is 20.3 Å². The fourth-order valence-electron chi connectivity index (χ4n) is 3.60. The van der Waals surface area contributed by atoms with Gasteiger partial charge in [0.25, 0.3) is 0 Å². The van der Waals surface area contributed by atoms with E-state index in [-0.39, 0.29) is 0 Å². The summed E-state index contributed by atoms with van der Waals surface area (Å²) in [5.74, 6) is 0.404. The lowest BCUT2D eigenvalue weighted by atomic mass is 10.0. The lowest BCUT2D eigenvalue weighted by molar-refractivity contribution is -0.130. The van der Waals surface area contributed by atoms with Crippen LogP contribution < -0.4 is 0 Å². The Morgan fingerprint density at radius 1 is 0.696 bits per heavy atom. The van der Waals surface area contributed by atoms with Gasteiger partial charge in [-0.25, -0.2) is 0 Å². The van der Waals surface area contributed by atoms with Crippen molar-refractivity contribution in [2.75, 3.05) is 13.1 Å². The first kappa shape index (κ1) is 20.5. The smallest absolute Gasteiger partial charge is 0.222 e. The van der Waals surface area contributed by atoms with Crippen LogP contribution in [0.3, 0.4) is 0 Å². The molecule has 136 valence electrons. The maximum Gasteiger partial charge on any atom is 0.222 e. The number of rotatable bonds is 14. The van der Waals surface area contributed by atoms with Crippen molar-refractivity contribution in [3.05, 3.63) is 0 Å². The number of carbonyl (C=O) groups excluding carboxylic acids is 1. The molecule has 1 aliphatic heterocycles. The first-order chi connectivity index (χ1) is 11.3. The number of carbonyl (C=O) groups is 1. The molecule has 0 aromatic rings. The summed E-state index contributed by atoms with van der Waals surface area (Å²) in [5.41, 5.74) is 0. The zero-order valence-electron chi connectivity index (χ0n) is 15.8. The third kappa shape index (κ3) is 11.6. The molecule has 1 fully saturated rings. The van der Waals surface area contributed by atoms with E-state index in [1.807, 2.05) is 0 Å². The molecule has 23 heavy (non-hydrogen) atoms. The summed E-state index contributed by atoms with van der Waals surface area (Å²) in [6.07, 6.45) is 22.5. The van der Waals surface area contributed by atoms with E-state index in [9.17, 15) is 4.79 Å². The molecule has 2 heteroatoms. The zero-order valence-corrected chi connectivity index (χ0v) is 15.8. The summed E-state index contributed by atoms with van der Waals surface area (Å²) in [7, 11) is 0. The van der Waals surface area contributed by atoms with E-state index in [2.05, 4.69) is 11.8 Å². The molecule has 1 heterocycles. The quantitative estimate of drug-likeness (QED) is 0.335. The van der Waals surface area contributed by atoms with Crippen molar-refractivity contribution in [1.82, 2.24) is 4.90 Å². The van der Waals surface area contributed by atoms with Crippen LogP contribution in [-0.4, -0.2) is 23.9 Å². The normalized spacial score (nSPS) is 15.9. The average molecular weight is 324 g/mol. The highest BCUT2D eigenvalue weighted by molar-refractivity contribution is 5.76. The van der Waals surface area contributed by atoms with Gasteiger partial charge in [-0.15, -0.1) is 0 Å². The Morgan fingerprint density at radius 3 is 1.78 bits per heavy atom. The fourth-order valence-corrected chi connectivity index (χ4v) is 3.60. The lowest BCUT2D eigenvalue weighted by Crippen LogP contribution is -2.31. The highest BCUT2D eigenvalue weighted by Gasteiger charge is 2.15. The van der Waals surface area contributed by atoms with Gasteiger partial charge in [-0.3, -0.25) is 4.79 Å². The molecule has 0 atom stereocenters. The van der Waals surface area contributed by atoms with Crippen molar-refractivity contribution in [2.45, 2.75) is 116 Å². The Bertz CT molecular complexity index is 277. The number of amides is 1. The Hall–Kier alpha value is -0.530. The molecule has 0 bridgehead atoms. The first-order valence-electron chi connectivity index (χ1n) is 10.6. The monoisotopic (exact) mass is 323 g/mol. The minimum atomic E-state index is 0.404. The maximum atomic E-state index is 11.9. The van der Waals surface area contributed by atoms with E-state index in [1.165, 1.54) is 96.3 Å². The molecular weight excluding hydrogens is 282 g/mol. The highest BCUT2D eigenvalue weighted by atomic mass is 16.2. The molecule has 0 unspecified atom stereocenters. The molecular formula is C21H41NO. The molecule has 0 radical (unpaired) electrons. The van der Waals surface area contributed by atoms with Crippen molar-refractivity contribution in [2.24, 2.45) is 0 Å². The van der Waals surface area contributed by atoms with Gasteiger partial charge in [-0.2, -0.15) is 0 Å². The minimum absolute atomic E-state index is 0.404. The minimum Gasteiger partial charge on any atom is -0.343 e. The van der Waals surface area contributed by atoms with Gasteiger partial charge >= 0.3 is 0 Å². The van der Waals surface area contributed by atoms with Gasteiger partial charge in [0.15, 0.2) is 0 Å². The predicted molar refractivity (Wildman–Crippen MR) is 101 cm³/mol. The SMILES string of the molecule is CCCCCCCCCCCCCCCN1CCCCCC1=O. The van der Waals surface area contributed by atoms with E-state index in [1.54, 1.807) is 0 Å². The summed E-state index contributed by atoms with van der Waals surface area (Å²) in [4.78, 5) is 14.0. The molecule has 1 amide bonds. The number of unbranched alkanes of at least 4 members (excludes halogenated alkanes) is 12. The molecule has 1 aliphatic rings. The summed E-state index contributed by atoms with van der Waals surface area (Å²) >= 11 is 0. The first-order valence-corrected chi connectivity index (χ1v) is 10.6. The third-order valence-electron chi connectivity index (χ3n) is 5.20. The molecule has 1 rings (SSSR count). The molecule has 2 nitrogen and oxygen atoms in total. The van der Waals surface area contributed by atoms with Crippen molar-refractivity contribution in [1.29, 1.82) is 0 Å². The van der Waals surface area contributed by atoms with Crippen LogP contribution in [0.25, 0.3) is 0 Å². The van der Waals surface area contributed by atoms with Crippen molar-refractivity contribution < 1.29 is 4.79 Å². The van der Waals surface area contributed by atoms with Gasteiger partial charge in [0.2, 0.25) is 5.91 Å². The van der Waals surface area contributed by atoms with Crippen molar-refractivity contribution >= 4 is 5.91 Å². The van der Waals surface area contributed by atoms with E-state index in [0.29, 0.717) is 5.91 Å². The van der Waals surface area contributed by atoms with Crippen LogP contribution in [0.15, 0.2) is 0 Å². The van der Waals surface area contributed by atoms with E-state index in [4.69, 9.17) is 0 Å². The van der Waals surface area contributed by atoms with Crippen molar-refractivity contribution in [3.8, 4) is 0 Å². The Kier molecular flexibility index (Phi) is 13.4. The van der Waals surface area contributed by atoms with Crippen LogP contribution in [0, 0.1) is 0 Å². The van der Waals surface area contributed by atoms with Crippen LogP contribution in [0.5, 0.6) is 0 Å². The van der Waals surface area contributed by atoms with Gasteiger partial charge in [-0.1, -0.05) is 90.4 Å². The van der Waals surface area contributed by atoms with Crippen LogP contribution in [0.1, 0.15) is 116 Å². The van der Waals surface area contributed by atoms with E-state index < -0.39 is 0 Å². The second kappa shape index (κ2) is 15.0. The Balaban J connectivity index is 1.80. The molecule has 1 saturated heterocycles.